The van der Waals surface area contributed by atoms with E-state index in [1.54, 1.807) is 17.0 Å². The maximum atomic E-state index is 13.9. The molecular weight excluding hydrogens is 405 g/mol. The Balaban J connectivity index is 2.27. The smallest absolute Gasteiger partial charge is 0.283 e. The van der Waals surface area contributed by atoms with E-state index < -0.39 is 12.5 Å². The second kappa shape index (κ2) is 10.4. The summed E-state index contributed by atoms with van der Waals surface area (Å²) in [6.07, 6.45) is 4.18. The molecule has 0 heterocycles. The van der Waals surface area contributed by atoms with Gasteiger partial charge < -0.3 is 9.64 Å². The van der Waals surface area contributed by atoms with E-state index in [0.717, 1.165) is 24.8 Å². The molecule has 28 heavy (non-hydrogen) atoms. The summed E-state index contributed by atoms with van der Waals surface area (Å²) in [6, 6.07) is 5.33. The van der Waals surface area contributed by atoms with Crippen LogP contribution in [0, 0.1) is 11.3 Å². The summed E-state index contributed by atoms with van der Waals surface area (Å²) in [5.74, 6) is -2.19. The molecule has 1 saturated carbocycles. The zero-order valence-electron chi connectivity index (χ0n) is 16.2. The predicted octanol–water partition coefficient (Wildman–Crippen LogP) is 6.49. The highest BCUT2D eigenvalue weighted by Gasteiger charge is 2.32. The third kappa shape index (κ3) is 6.63. The lowest BCUT2D eigenvalue weighted by atomic mass is 9.93. The molecule has 0 spiro atoms. The molecule has 1 unspecified atom stereocenters. The molecule has 1 aliphatic rings. The fourth-order valence-corrected chi connectivity index (χ4v) is 3.61. The van der Waals surface area contributed by atoms with Gasteiger partial charge in [-0.05, 0) is 62.3 Å². The number of nitrogens with one attached hydrogen (secondary N) is 1. The number of benzene rings is 1. The zero-order chi connectivity index (χ0) is 20.7. The van der Waals surface area contributed by atoms with Crippen molar-refractivity contribution in [1.29, 1.82) is 5.41 Å². The number of alkyl halides is 3. The second-order valence-electron chi connectivity index (χ2n) is 7.18. The van der Waals surface area contributed by atoms with E-state index in [1.807, 2.05) is 13.0 Å². The van der Waals surface area contributed by atoms with E-state index in [4.69, 9.17) is 33.3 Å². The van der Waals surface area contributed by atoms with Gasteiger partial charge in [0.05, 0.1) is 19.1 Å². The lowest BCUT2D eigenvalue weighted by Crippen LogP contribution is -2.37. The van der Waals surface area contributed by atoms with E-state index in [0.29, 0.717) is 48.2 Å². The van der Waals surface area contributed by atoms with Crippen LogP contribution in [0.5, 0.6) is 0 Å². The average molecular weight is 433 g/mol. The Kier molecular flexibility index (Phi) is 8.56. The maximum absolute atomic E-state index is 13.9. The van der Waals surface area contributed by atoms with Gasteiger partial charge in [-0.3, -0.25) is 5.41 Å². The first-order chi connectivity index (χ1) is 13.3. The van der Waals surface area contributed by atoms with Crippen LogP contribution in [0.3, 0.4) is 0 Å². The number of hydrogen-bond donors (Lipinski definition) is 1. The topological polar surface area (TPSA) is 36.3 Å². The highest BCUT2D eigenvalue weighted by Crippen LogP contribution is 2.36. The highest BCUT2D eigenvalue weighted by molar-refractivity contribution is 6.32. The molecule has 1 fully saturated rings. The second-order valence-corrected chi connectivity index (χ2v) is 7.96. The van der Waals surface area contributed by atoms with Crippen LogP contribution in [-0.2, 0) is 4.74 Å². The van der Waals surface area contributed by atoms with Crippen LogP contribution < -0.4 is 4.90 Å². The quantitative estimate of drug-likeness (QED) is 0.177. The maximum Gasteiger partial charge on any atom is 0.283 e. The first-order valence-corrected chi connectivity index (χ1v) is 10.6. The van der Waals surface area contributed by atoms with E-state index in [9.17, 15) is 8.78 Å². The molecule has 0 aromatic heterocycles. The molecule has 156 valence electrons. The van der Waals surface area contributed by atoms with Crippen molar-refractivity contribution in [3.63, 3.8) is 0 Å². The van der Waals surface area contributed by atoms with Gasteiger partial charge in [-0.15, -0.1) is 11.6 Å². The summed E-state index contributed by atoms with van der Waals surface area (Å²) in [4.78, 5) is 1.68. The van der Waals surface area contributed by atoms with Crippen LogP contribution in [0.25, 0.3) is 0 Å². The molecule has 0 aliphatic heterocycles. The number of anilines is 1. The Labute approximate surface area is 176 Å². The Hall–Kier alpha value is -1.33. The lowest BCUT2D eigenvalue weighted by Gasteiger charge is -2.29. The summed E-state index contributed by atoms with van der Waals surface area (Å²) >= 11 is 12.4. The van der Waals surface area contributed by atoms with Gasteiger partial charge in [0.15, 0.2) is 5.90 Å². The Morgan fingerprint density at radius 2 is 2.18 bits per heavy atom. The van der Waals surface area contributed by atoms with Crippen LogP contribution in [0.4, 0.5) is 14.5 Å². The first-order valence-electron chi connectivity index (χ1n) is 9.64. The third-order valence-electron chi connectivity index (χ3n) is 4.84. The minimum atomic E-state index is -2.97. The fraction of sp³-hybridized carbons (Fsp3) is 0.571. The summed E-state index contributed by atoms with van der Waals surface area (Å²) in [5, 5.41) is 8.64. The molecular formula is C21H28Cl2F2N2O. The summed E-state index contributed by atoms with van der Waals surface area (Å²) in [7, 11) is 0. The van der Waals surface area contributed by atoms with Gasteiger partial charge in [-0.25, -0.2) is 8.78 Å². The van der Waals surface area contributed by atoms with Gasteiger partial charge >= 0.3 is 0 Å². The van der Waals surface area contributed by atoms with Gasteiger partial charge in [0.25, 0.3) is 5.92 Å². The number of nitrogens with zero attached hydrogens (tertiary/aromatic N) is 1. The minimum absolute atomic E-state index is 0.148. The molecule has 1 atom stereocenters. The number of rotatable bonds is 12. The van der Waals surface area contributed by atoms with Crippen molar-refractivity contribution in [2.45, 2.75) is 44.4 Å². The normalized spacial score (nSPS) is 15.2. The van der Waals surface area contributed by atoms with Crippen LogP contribution in [-0.4, -0.2) is 37.4 Å². The van der Waals surface area contributed by atoms with Gasteiger partial charge in [0.2, 0.25) is 0 Å². The number of halogens is 4. The van der Waals surface area contributed by atoms with E-state index >= 15 is 0 Å². The molecule has 1 aliphatic carbocycles. The van der Waals surface area contributed by atoms with Crippen LogP contribution in [0.1, 0.15) is 44.1 Å². The van der Waals surface area contributed by atoms with E-state index in [-0.39, 0.29) is 11.8 Å². The molecule has 3 nitrogen and oxygen atoms in total. The largest absolute Gasteiger partial charge is 0.481 e. The summed E-state index contributed by atoms with van der Waals surface area (Å²) in [5.41, 5.74) is 1.41. The SMILES string of the molecule is C=CC(F)(F)CN(CC1CC1)c1ccc(C(CCCCl)C(=N)OCC)c(Cl)c1. The Morgan fingerprint density at radius 1 is 1.46 bits per heavy atom. The lowest BCUT2D eigenvalue weighted by molar-refractivity contribution is 0.0630. The van der Waals surface area contributed by atoms with Crippen molar-refractivity contribution < 1.29 is 13.5 Å². The van der Waals surface area contributed by atoms with Gasteiger partial charge in [-0.2, -0.15) is 0 Å². The summed E-state index contributed by atoms with van der Waals surface area (Å²) in [6.45, 7) is 5.62. The van der Waals surface area contributed by atoms with Crippen molar-refractivity contribution in [3.8, 4) is 0 Å². The molecule has 1 N–H and O–H groups in total. The van der Waals surface area contributed by atoms with Gasteiger partial charge in [0, 0.05) is 23.1 Å². The molecule has 1 aromatic rings. The van der Waals surface area contributed by atoms with Crippen LogP contribution >= 0.6 is 23.2 Å². The van der Waals surface area contributed by atoms with Gasteiger partial charge in [-0.1, -0.05) is 24.2 Å². The van der Waals surface area contributed by atoms with Crippen molar-refractivity contribution >= 4 is 34.8 Å². The molecule has 0 bridgehead atoms. The van der Waals surface area contributed by atoms with Gasteiger partial charge in [0.1, 0.15) is 0 Å². The monoisotopic (exact) mass is 432 g/mol. The minimum Gasteiger partial charge on any atom is -0.481 e. The van der Waals surface area contributed by atoms with Crippen LogP contribution in [0.2, 0.25) is 5.02 Å². The highest BCUT2D eigenvalue weighted by atomic mass is 35.5. The third-order valence-corrected chi connectivity index (χ3v) is 5.44. The van der Waals surface area contributed by atoms with E-state index in [2.05, 4.69) is 6.58 Å². The Bertz CT molecular complexity index is 680. The fourth-order valence-electron chi connectivity index (χ4n) is 3.15. The van der Waals surface area contributed by atoms with Crippen LogP contribution in [0.15, 0.2) is 30.9 Å². The number of hydrogen-bond acceptors (Lipinski definition) is 3. The van der Waals surface area contributed by atoms with Crippen molar-refractivity contribution in [2.75, 3.05) is 30.5 Å². The summed E-state index contributed by atoms with van der Waals surface area (Å²) < 4.78 is 33.3. The zero-order valence-corrected chi connectivity index (χ0v) is 17.7. The van der Waals surface area contributed by atoms with Crippen molar-refractivity contribution in [2.24, 2.45) is 5.92 Å². The molecule has 7 heteroatoms. The average Bonchev–Trinajstić information content (AvgIpc) is 3.46. The Morgan fingerprint density at radius 3 is 2.71 bits per heavy atom. The molecule has 0 saturated heterocycles. The van der Waals surface area contributed by atoms with Crippen molar-refractivity contribution in [1.82, 2.24) is 0 Å². The first kappa shape index (κ1) is 23.0. The molecule has 0 amide bonds. The molecule has 2 rings (SSSR count). The van der Waals surface area contributed by atoms with E-state index in [1.165, 1.54) is 0 Å². The molecule has 0 radical (unpaired) electrons. The van der Waals surface area contributed by atoms with Crippen molar-refractivity contribution in [3.05, 3.63) is 41.4 Å². The predicted molar refractivity (Wildman–Crippen MR) is 114 cm³/mol. The molecule has 1 aromatic carbocycles. The standard InChI is InChI=1S/C21H28Cl2F2N2O/c1-3-21(24,25)14-27(13-15-7-8-15)16-9-10-17(19(23)12-16)18(6-5-11-22)20(26)28-4-2/h3,9-10,12,15,18,26H,1,4-8,11,13-14H2,2H3. The number of ether oxygens (including phenoxy) is 1.